The summed E-state index contributed by atoms with van der Waals surface area (Å²) < 4.78 is 5.56. The minimum atomic E-state index is -0.0517. The Kier molecular flexibility index (Phi) is 3.92. The molecule has 1 amide bonds. The van der Waals surface area contributed by atoms with Gasteiger partial charge in [0.1, 0.15) is 5.52 Å². The van der Waals surface area contributed by atoms with Crippen LogP contribution < -0.4 is 10.6 Å². The van der Waals surface area contributed by atoms with Crippen molar-refractivity contribution in [3.05, 3.63) is 23.8 Å². The van der Waals surface area contributed by atoms with E-state index in [1.165, 1.54) is 19.3 Å². The van der Waals surface area contributed by atoms with Crippen molar-refractivity contribution in [3.63, 3.8) is 0 Å². The lowest BCUT2D eigenvalue weighted by molar-refractivity contribution is 0.0463. The van der Waals surface area contributed by atoms with Crippen LogP contribution in [0.15, 0.2) is 22.6 Å². The number of fused-ring (bicyclic) bond motifs is 3. The molecule has 0 saturated carbocycles. The van der Waals surface area contributed by atoms with Crippen LogP contribution in [0.1, 0.15) is 42.5 Å². The number of aromatic nitrogens is 1. The lowest BCUT2D eigenvalue weighted by atomic mass is 9.82. The molecule has 2 aliphatic heterocycles. The van der Waals surface area contributed by atoms with E-state index < -0.39 is 0 Å². The summed E-state index contributed by atoms with van der Waals surface area (Å²) in [6.07, 6.45) is 5.86. The lowest BCUT2D eigenvalue weighted by Crippen LogP contribution is -2.55. The van der Waals surface area contributed by atoms with Crippen molar-refractivity contribution in [2.45, 2.75) is 50.2 Å². The second kappa shape index (κ2) is 6.09. The van der Waals surface area contributed by atoms with Crippen LogP contribution in [0.2, 0.25) is 0 Å². The van der Waals surface area contributed by atoms with Gasteiger partial charge in [-0.05, 0) is 44.9 Å². The molecule has 2 aromatic rings. The van der Waals surface area contributed by atoms with Crippen molar-refractivity contribution in [2.75, 3.05) is 19.4 Å². The highest BCUT2D eigenvalue weighted by molar-refractivity contribution is 6.04. The Morgan fingerprint density at radius 1 is 1.29 bits per heavy atom. The number of oxazole rings is 1. The monoisotopic (exact) mass is 328 g/mol. The largest absolute Gasteiger partial charge is 0.424 e. The van der Waals surface area contributed by atoms with Crippen molar-refractivity contribution in [3.8, 4) is 0 Å². The van der Waals surface area contributed by atoms with Gasteiger partial charge >= 0.3 is 0 Å². The summed E-state index contributed by atoms with van der Waals surface area (Å²) in [5.41, 5.74) is 1.83. The molecule has 2 bridgehead atoms. The molecular weight excluding hydrogens is 304 g/mol. The van der Waals surface area contributed by atoms with Crippen LogP contribution in [-0.4, -0.2) is 48.0 Å². The van der Waals surface area contributed by atoms with Crippen molar-refractivity contribution in [2.24, 2.45) is 0 Å². The molecule has 0 spiro atoms. The Bertz CT molecular complexity index is 743. The maximum Gasteiger partial charge on any atom is 0.295 e. The van der Waals surface area contributed by atoms with E-state index in [0.29, 0.717) is 34.8 Å². The maximum atomic E-state index is 12.8. The van der Waals surface area contributed by atoms with Crippen LogP contribution in [-0.2, 0) is 0 Å². The number of benzene rings is 1. The van der Waals surface area contributed by atoms with Gasteiger partial charge in [0.15, 0.2) is 5.58 Å². The van der Waals surface area contributed by atoms with E-state index in [-0.39, 0.29) is 11.9 Å². The molecule has 6 nitrogen and oxygen atoms in total. The molecule has 0 aliphatic carbocycles. The van der Waals surface area contributed by atoms with Gasteiger partial charge in [-0.2, -0.15) is 4.98 Å². The van der Waals surface area contributed by atoms with Crippen LogP contribution in [0, 0.1) is 0 Å². The highest BCUT2D eigenvalue weighted by Crippen LogP contribution is 2.33. The second-order valence-corrected chi connectivity index (χ2v) is 6.97. The van der Waals surface area contributed by atoms with Crippen LogP contribution in [0.4, 0.5) is 6.01 Å². The molecule has 6 heteroatoms. The first-order chi connectivity index (χ1) is 11.7. The summed E-state index contributed by atoms with van der Waals surface area (Å²) in [7, 11) is 3.98. The standard InChI is InChI=1S/C18H24N4O2/c1-19-18-21-16-14(7-4-8-15(16)24-18)17(23)20-11-9-12-5-3-6-13(10-11)22(12)2/h4,7-8,11-13H,3,5-6,9-10H2,1-2H3,(H,19,21)(H,20,23). The first-order valence-electron chi connectivity index (χ1n) is 8.76. The number of carbonyl (C=O) groups is 1. The van der Waals surface area contributed by atoms with Crippen molar-refractivity contribution >= 4 is 23.0 Å². The van der Waals surface area contributed by atoms with Crippen molar-refractivity contribution in [1.82, 2.24) is 15.2 Å². The van der Waals surface area contributed by atoms with E-state index in [0.717, 1.165) is 12.8 Å². The van der Waals surface area contributed by atoms with Crippen LogP contribution in [0.5, 0.6) is 0 Å². The van der Waals surface area contributed by atoms with Crippen molar-refractivity contribution in [1.29, 1.82) is 0 Å². The van der Waals surface area contributed by atoms with Gasteiger partial charge in [-0.15, -0.1) is 0 Å². The predicted molar refractivity (Wildman–Crippen MR) is 93.2 cm³/mol. The molecule has 2 atom stereocenters. The zero-order valence-corrected chi connectivity index (χ0v) is 14.2. The minimum Gasteiger partial charge on any atom is -0.424 e. The van der Waals surface area contributed by atoms with Gasteiger partial charge in [0.2, 0.25) is 0 Å². The Hall–Kier alpha value is -2.08. The van der Waals surface area contributed by atoms with Crippen LogP contribution >= 0.6 is 0 Å². The van der Waals surface area contributed by atoms with Crippen molar-refractivity contribution < 1.29 is 9.21 Å². The molecule has 24 heavy (non-hydrogen) atoms. The third kappa shape index (κ3) is 2.65. The quantitative estimate of drug-likeness (QED) is 0.906. The highest BCUT2D eigenvalue weighted by atomic mass is 16.4. The molecule has 2 saturated heterocycles. The average Bonchev–Trinajstić information content (AvgIpc) is 2.99. The number of rotatable bonds is 3. The number of nitrogens with one attached hydrogen (secondary N) is 2. The number of hydrogen-bond acceptors (Lipinski definition) is 5. The molecule has 128 valence electrons. The molecule has 3 heterocycles. The SMILES string of the molecule is CNc1nc2c(C(=O)NC3CC4CCCC(C3)N4C)cccc2o1. The van der Waals surface area contributed by atoms with Gasteiger partial charge in [-0.3, -0.25) is 4.79 Å². The molecule has 4 rings (SSSR count). The molecule has 0 radical (unpaired) electrons. The highest BCUT2D eigenvalue weighted by Gasteiger charge is 2.36. The fourth-order valence-corrected chi connectivity index (χ4v) is 4.24. The lowest BCUT2D eigenvalue weighted by Gasteiger charge is -2.47. The molecule has 1 aromatic carbocycles. The number of para-hydroxylation sites is 1. The molecule has 2 fully saturated rings. The molecule has 2 aliphatic rings. The van der Waals surface area contributed by atoms with E-state index in [1.807, 2.05) is 18.2 Å². The minimum absolute atomic E-state index is 0.0517. The first kappa shape index (κ1) is 15.4. The Labute approximate surface area is 141 Å². The van der Waals surface area contributed by atoms with Gasteiger partial charge < -0.3 is 20.0 Å². The predicted octanol–water partition coefficient (Wildman–Crippen LogP) is 2.61. The van der Waals surface area contributed by atoms with Gasteiger partial charge in [0.25, 0.3) is 11.9 Å². The Morgan fingerprint density at radius 3 is 2.75 bits per heavy atom. The summed E-state index contributed by atoms with van der Waals surface area (Å²) in [5, 5.41) is 6.12. The number of piperidine rings is 2. The zero-order chi connectivity index (χ0) is 16.7. The van der Waals surface area contributed by atoms with E-state index in [4.69, 9.17) is 4.42 Å². The summed E-state index contributed by atoms with van der Waals surface area (Å²) >= 11 is 0. The van der Waals surface area contributed by atoms with Gasteiger partial charge in [-0.25, -0.2) is 0 Å². The topological polar surface area (TPSA) is 70.4 Å². The van der Waals surface area contributed by atoms with Gasteiger partial charge in [0.05, 0.1) is 5.56 Å². The summed E-state index contributed by atoms with van der Waals surface area (Å²) in [6, 6.07) is 7.36. The summed E-state index contributed by atoms with van der Waals surface area (Å²) in [4.78, 5) is 19.7. The van der Waals surface area contributed by atoms with Crippen LogP contribution in [0.25, 0.3) is 11.1 Å². The van der Waals surface area contributed by atoms with Crippen LogP contribution in [0.3, 0.4) is 0 Å². The Balaban J connectivity index is 1.53. The molecular formula is C18H24N4O2. The molecule has 1 aromatic heterocycles. The number of anilines is 1. The maximum absolute atomic E-state index is 12.8. The fraction of sp³-hybridized carbons (Fsp3) is 0.556. The first-order valence-corrected chi connectivity index (χ1v) is 8.76. The number of carbonyl (C=O) groups excluding carboxylic acids is 1. The summed E-state index contributed by atoms with van der Waals surface area (Å²) in [6.45, 7) is 0. The molecule has 2 N–H and O–H groups in total. The third-order valence-corrected chi connectivity index (χ3v) is 5.55. The number of nitrogens with zero attached hydrogens (tertiary/aromatic N) is 2. The molecule has 2 unspecified atom stereocenters. The second-order valence-electron chi connectivity index (χ2n) is 6.97. The summed E-state index contributed by atoms with van der Waals surface area (Å²) in [5.74, 6) is -0.0517. The van der Waals surface area contributed by atoms with E-state index in [9.17, 15) is 4.79 Å². The Morgan fingerprint density at radius 2 is 2.04 bits per heavy atom. The fourth-order valence-electron chi connectivity index (χ4n) is 4.24. The van der Waals surface area contributed by atoms with Gasteiger partial charge in [-0.1, -0.05) is 12.5 Å². The number of hydrogen-bond donors (Lipinski definition) is 2. The third-order valence-electron chi connectivity index (χ3n) is 5.55. The van der Waals surface area contributed by atoms with E-state index >= 15 is 0 Å². The number of amides is 1. The normalized spacial score (nSPS) is 27.2. The average molecular weight is 328 g/mol. The van der Waals surface area contributed by atoms with E-state index in [1.54, 1.807) is 7.05 Å². The smallest absolute Gasteiger partial charge is 0.295 e. The van der Waals surface area contributed by atoms with E-state index in [2.05, 4.69) is 27.6 Å². The zero-order valence-electron chi connectivity index (χ0n) is 14.2. The van der Waals surface area contributed by atoms with Gasteiger partial charge in [0, 0.05) is 25.2 Å².